The number of aliphatic carboxylic acids is 1. The SMILES string of the molecule is CCCCCCCCCCCCCCCCCCCCOC[C@H](COP(=O)(O)OC[C@H](N)C(=O)O)OC(=O)CCCCCCCCCCCCC. The number of unbranched alkanes of at least 4 members (excludes halogenated alkanes) is 27. The fraction of sp³-hybridized carbons (Fsp3) is 0.950. The monoisotopic (exact) mass is 750 g/mol. The summed E-state index contributed by atoms with van der Waals surface area (Å²) in [5.74, 6) is -1.77. The Morgan fingerprint density at radius 1 is 0.549 bits per heavy atom. The molecule has 3 atom stereocenters. The number of carbonyl (C=O) groups excluding carboxylic acids is 1. The van der Waals surface area contributed by atoms with Gasteiger partial charge in [0, 0.05) is 13.0 Å². The van der Waals surface area contributed by atoms with Gasteiger partial charge in [-0.25, -0.2) is 4.57 Å². The molecule has 0 spiro atoms. The second-order valence-electron chi connectivity index (χ2n) is 14.5. The molecule has 0 aliphatic carbocycles. The largest absolute Gasteiger partial charge is 0.480 e. The first-order chi connectivity index (χ1) is 24.7. The highest BCUT2D eigenvalue weighted by molar-refractivity contribution is 7.47. The van der Waals surface area contributed by atoms with Gasteiger partial charge < -0.3 is 25.2 Å². The molecule has 11 heteroatoms. The number of hydrogen-bond donors (Lipinski definition) is 3. The molecular formula is C40H80NO9P. The summed E-state index contributed by atoms with van der Waals surface area (Å²) in [5.41, 5.74) is 5.34. The molecule has 0 aromatic rings. The van der Waals surface area contributed by atoms with Crippen molar-refractivity contribution in [3.05, 3.63) is 0 Å². The van der Waals surface area contributed by atoms with Crippen LogP contribution < -0.4 is 5.73 Å². The van der Waals surface area contributed by atoms with E-state index in [1.165, 1.54) is 148 Å². The summed E-state index contributed by atoms with van der Waals surface area (Å²) in [4.78, 5) is 33.4. The van der Waals surface area contributed by atoms with Crippen LogP contribution in [0.3, 0.4) is 0 Å². The van der Waals surface area contributed by atoms with Gasteiger partial charge in [-0.05, 0) is 12.8 Å². The van der Waals surface area contributed by atoms with Gasteiger partial charge in [-0.15, -0.1) is 0 Å². The van der Waals surface area contributed by atoms with Gasteiger partial charge in [-0.2, -0.15) is 0 Å². The lowest BCUT2D eigenvalue weighted by Gasteiger charge is -2.20. The molecule has 10 nitrogen and oxygen atoms in total. The molecule has 0 rings (SSSR count). The van der Waals surface area contributed by atoms with Crippen LogP contribution in [-0.4, -0.2) is 60.5 Å². The van der Waals surface area contributed by atoms with Gasteiger partial charge >= 0.3 is 19.8 Å². The number of carboxylic acids is 1. The zero-order valence-corrected chi connectivity index (χ0v) is 33.9. The van der Waals surface area contributed by atoms with E-state index in [0.29, 0.717) is 6.61 Å². The van der Waals surface area contributed by atoms with Crippen LogP contribution in [0.25, 0.3) is 0 Å². The Bertz CT molecular complexity index is 832. The Kier molecular flexibility index (Phi) is 36.5. The fourth-order valence-electron chi connectivity index (χ4n) is 6.08. The predicted octanol–water partition coefficient (Wildman–Crippen LogP) is 11.2. The van der Waals surface area contributed by atoms with E-state index in [9.17, 15) is 19.0 Å². The lowest BCUT2D eigenvalue weighted by Crippen LogP contribution is -2.34. The predicted molar refractivity (Wildman–Crippen MR) is 208 cm³/mol. The van der Waals surface area contributed by atoms with E-state index in [0.717, 1.165) is 38.5 Å². The molecule has 4 N–H and O–H groups in total. The quantitative estimate of drug-likeness (QED) is 0.0312. The summed E-state index contributed by atoms with van der Waals surface area (Å²) in [6, 6.07) is -1.47. The maximum Gasteiger partial charge on any atom is 0.472 e. The van der Waals surface area contributed by atoms with Crippen LogP contribution >= 0.6 is 7.82 Å². The van der Waals surface area contributed by atoms with Gasteiger partial charge in [0.25, 0.3) is 0 Å². The third-order valence-electron chi connectivity index (χ3n) is 9.39. The van der Waals surface area contributed by atoms with Gasteiger partial charge in [0.1, 0.15) is 12.1 Å². The summed E-state index contributed by atoms with van der Waals surface area (Å²) >= 11 is 0. The van der Waals surface area contributed by atoms with Gasteiger partial charge in [0.05, 0.1) is 19.8 Å². The van der Waals surface area contributed by atoms with Crippen molar-refractivity contribution in [3.63, 3.8) is 0 Å². The van der Waals surface area contributed by atoms with E-state index in [4.69, 9.17) is 29.4 Å². The highest BCUT2D eigenvalue weighted by Crippen LogP contribution is 2.43. The van der Waals surface area contributed by atoms with Crippen molar-refractivity contribution in [2.45, 2.75) is 219 Å². The van der Waals surface area contributed by atoms with E-state index < -0.39 is 45.1 Å². The van der Waals surface area contributed by atoms with Crippen molar-refractivity contribution in [1.29, 1.82) is 0 Å². The molecule has 51 heavy (non-hydrogen) atoms. The number of rotatable bonds is 41. The first kappa shape index (κ1) is 50.0. The van der Waals surface area contributed by atoms with Gasteiger partial charge in [0.2, 0.25) is 0 Å². The highest BCUT2D eigenvalue weighted by atomic mass is 31.2. The molecule has 0 bridgehead atoms. The first-order valence-corrected chi connectivity index (χ1v) is 22.6. The molecule has 0 amide bonds. The Morgan fingerprint density at radius 3 is 1.29 bits per heavy atom. The molecule has 0 aliphatic rings. The molecular weight excluding hydrogens is 669 g/mol. The summed E-state index contributed by atoms with van der Waals surface area (Å²) in [5, 5.41) is 8.87. The molecule has 0 heterocycles. The van der Waals surface area contributed by atoms with Gasteiger partial charge in [-0.1, -0.05) is 187 Å². The molecule has 0 aromatic carbocycles. The maximum atomic E-state index is 12.6. The average molecular weight is 750 g/mol. The summed E-state index contributed by atoms with van der Waals surface area (Å²) in [6.07, 6.45) is 35.8. The smallest absolute Gasteiger partial charge is 0.472 e. The molecule has 0 fully saturated rings. The summed E-state index contributed by atoms with van der Waals surface area (Å²) in [6.45, 7) is 3.91. The van der Waals surface area contributed by atoms with Crippen molar-refractivity contribution in [2.24, 2.45) is 5.73 Å². The van der Waals surface area contributed by atoms with Crippen molar-refractivity contribution >= 4 is 19.8 Å². The number of phosphoric ester groups is 1. The Labute approximate surface area is 312 Å². The third-order valence-corrected chi connectivity index (χ3v) is 10.3. The number of hydrogen-bond acceptors (Lipinski definition) is 8. The number of phosphoric acid groups is 1. The first-order valence-electron chi connectivity index (χ1n) is 21.1. The topological polar surface area (TPSA) is 155 Å². The molecule has 0 aromatic heterocycles. The van der Waals surface area contributed by atoms with Crippen molar-refractivity contribution in [1.82, 2.24) is 0 Å². The third kappa shape index (κ3) is 37.1. The second-order valence-corrected chi connectivity index (χ2v) is 15.9. The van der Waals surface area contributed by atoms with Crippen LogP contribution in [0.2, 0.25) is 0 Å². The number of carbonyl (C=O) groups is 2. The van der Waals surface area contributed by atoms with Crippen LogP contribution in [-0.2, 0) is 32.7 Å². The minimum absolute atomic E-state index is 0.0254. The van der Waals surface area contributed by atoms with E-state index in [-0.39, 0.29) is 13.0 Å². The Balaban J connectivity index is 4.16. The molecule has 304 valence electrons. The normalized spacial score (nSPS) is 14.0. The van der Waals surface area contributed by atoms with Crippen molar-refractivity contribution in [2.75, 3.05) is 26.4 Å². The fourth-order valence-corrected chi connectivity index (χ4v) is 6.85. The molecule has 0 aliphatic heterocycles. The molecule has 1 unspecified atom stereocenters. The van der Waals surface area contributed by atoms with Crippen molar-refractivity contribution in [3.8, 4) is 0 Å². The minimum atomic E-state index is -4.60. The number of esters is 1. The Hall–Kier alpha value is -1.03. The minimum Gasteiger partial charge on any atom is -0.480 e. The highest BCUT2D eigenvalue weighted by Gasteiger charge is 2.27. The zero-order chi connectivity index (χ0) is 37.7. The van der Waals surface area contributed by atoms with Crippen LogP contribution in [0.4, 0.5) is 0 Å². The molecule has 0 saturated heterocycles. The number of carboxylic acid groups (broad SMARTS) is 1. The number of ether oxygens (including phenoxy) is 2. The summed E-state index contributed by atoms with van der Waals surface area (Å²) < 4.78 is 33.3. The van der Waals surface area contributed by atoms with Crippen LogP contribution in [0.1, 0.15) is 206 Å². The second kappa shape index (κ2) is 37.3. The molecule has 0 saturated carbocycles. The van der Waals surface area contributed by atoms with Crippen LogP contribution in [0, 0.1) is 0 Å². The summed E-state index contributed by atoms with van der Waals surface area (Å²) in [7, 11) is -4.60. The lowest BCUT2D eigenvalue weighted by molar-refractivity contribution is -0.154. The van der Waals surface area contributed by atoms with E-state index in [1.54, 1.807) is 0 Å². The Morgan fingerprint density at radius 2 is 0.902 bits per heavy atom. The standard InChI is InChI=1S/C40H80NO9P/c1-3-5-7-9-11-13-15-16-17-18-19-20-21-23-25-27-29-31-33-47-34-37(35-48-51(45,46)49-36-38(41)40(43)44)50-39(42)32-30-28-26-24-22-14-12-10-8-6-4-2/h37-38H,3-36,41H2,1-2H3,(H,43,44)(H,45,46)/t37-,38+/m1/s1. The average Bonchev–Trinajstić information content (AvgIpc) is 3.10. The number of nitrogens with two attached hydrogens (primary N) is 1. The van der Waals surface area contributed by atoms with Gasteiger partial charge in [-0.3, -0.25) is 18.6 Å². The van der Waals surface area contributed by atoms with E-state index in [2.05, 4.69) is 13.8 Å². The van der Waals surface area contributed by atoms with E-state index >= 15 is 0 Å². The van der Waals surface area contributed by atoms with Crippen LogP contribution in [0.15, 0.2) is 0 Å². The van der Waals surface area contributed by atoms with Crippen LogP contribution in [0.5, 0.6) is 0 Å². The molecule has 0 radical (unpaired) electrons. The van der Waals surface area contributed by atoms with Crippen molar-refractivity contribution < 1.29 is 42.7 Å². The maximum absolute atomic E-state index is 12.6. The zero-order valence-electron chi connectivity index (χ0n) is 33.0. The lowest BCUT2D eigenvalue weighted by atomic mass is 10.0. The van der Waals surface area contributed by atoms with E-state index in [1.807, 2.05) is 0 Å². The van der Waals surface area contributed by atoms with Gasteiger partial charge in [0.15, 0.2) is 0 Å².